The van der Waals surface area contributed by atoms with E-state index in [0.717, 1.165) is 32.0 Å². The molecule has 2 heterocycles. The second kappa shape index (κ2) is 9.20. The van der Waals surface area contributed by atoms with Crippen LogP contribution in [0.4, 0.5) is 0 Å². The molecule has 0 atom stereocenters. The highest BCUT2D eigenvalue weighted by Crippen LogP contribution is 2.16. The van der Waals surface area contributed by atoms with Gasteiger partial charge < -0.3 is 10.6 Å². The van der Waals surface area contributed by atoms with Crippen LogP contribution in [0.3, 0.4) is 0 Å². The van der Waals surface area contributed by atoms with Crippen molar-refractivity contribution in [1.29, 1.82) is 0 Å². The molecule has 0 aliphatic carbocycles. The fourth-order valence-electron chi connectivity index (χ4n) is 2.70. The number of benzene rings is 1. The Labute approximate surface area is 158 Å². The lowest BCUT2D eigenvalue weighted by Gasteiger charge is -2.12. The molecule has 3 aromatic rings. The van der Waals surface area contributed by atoms with Crippen LogP contribution in [-0.4, -0.2) is 22.8 Å². The Balaban J connectivity index is 1.51. The van der Waals surface area contributed by atoms with Crippen molar-refractivity contribution in [2.75, 3.05) is 7.05 Å². The minimum absolute atomic E-state index is 0.733. The number of nitrogens with zero attached hydrogens (tertiary/aromatic N) is 3. The van der Waals surface area contributed by atoms with Gasteiger partial charge in [0.1, 0.15) is 0 Å². The molecule has 0 bridgehead atoms. The van der Waals surface area contributed by atoms with Gasteiger partial charge in [-0.3, -0.25) is 9.67 Å². The van der Waals surface area contributed by atoms with E-state index in [1.807, 2.05) is 28.3 Å². The molecule has 26 heavy (non-hydrogen) atoms. The fourth-order valence-corrected chi connectivity index (χ4v) is 3.60. The Morgan fingerprint density at radius 3 is 2.62 bits per heavy atom. The Bertz CT molecular complexity index is 836. The Hall–Kier alpha value is -2.60. The number of aromatic nitrogens is 2. The Morgan fingerprint density at radius 2 is 1.88 bits per heavy atom. The predicted molar refractivity (Wildman–Crippen MR) is 109 cm³/mol. The molecule has 0 spiro atoms. The van der Waals surface area contributed by atoms with E-state index < -0.39 is 0 Å². The lowest BCUT2D eigenvalue weighted by Crippen LogP contribution is -2.36. The van der Waals surface area contributed by atoms with E-state index in [4.69, 9.17) is 0 Å². The molecule has 2 N–H and O–H groups in total. The van der Waals surface area contributed by atoms with Gasteiger partial charge in [-0.15, -0.1) is 11.3 Å². The van der Waals surface area contributed by atoms with Gasteiger partial charge >= 0.3 is 0 Å². The summed E-state index contributed by atoms with van der Waals surface area (Å²) in [6, 6.07) is 14.9. The number of nitrogens with one attached hydrogen (secondary N) is 2. The summed E-state index contributed by atoms with van der Waals surface area (Å²) in [6.45, 7) is 4.50. The van der Waals surface area contributed by atoms with Crippen molar-refractivity contribution >= 4 is 17.3 Å². The number of aryl methyl sites for hydroxylation is 1. The van der Waals surface area contributed by atoms with Gasteiger partial charge in [-0.2, -0.15) is 5.10 Å². The number of hydrogen-bond acceptors (Lipinski definition) is 3. The van der Waals surface area contributed by atoms with Crippen LogP contribution in [0.15, 0.2) is 59.9 Å². The van der Waals surface area contributed by atoms with Crippen LogP contribution < -0.4 is 10.6 Å². The van der Waals surface area contributed by atoms with E-state index in [2.05, 4.69) is 64.0 Å². The number of aliphatic imine (C=N–C) groups is 1. The highest BCUT2D eigenvalue weighted by atomic mass is 32.1. The zero-order valence-electron chi connectivity index (χ0n) is 15.3. The normalized spacial score (nSPS) is 11.5. The molecule has 0 aliphatic rings. The number of rotatable bonds is 7. The maximum Gasteiger partial charge on any atom is 0.191 e. The minimum Gasteiger partial charge on any atom is -0.352 e. The van der Waals surface area contributed by atoms with Crippen LogP contribution in [-0.2, 0) is 26.1 Å². The van der Waals surface area contributed by atoms with Crippen molar-refractivity contribution in [3.05, 3.63) is 75.7 Å². The van der Waals surface area contributed by atoms with Gasteiger partial charge in [0, 0.05) is 35.7 Å². The maximum atomic E-state index is 4.31. The van der Waals surface area contributed by atoms with E-state index in [1.165, 1.54) is 20.9 Å². The second-order valence-corrected chi connectivity index (χ2v) is 7.28. The molecule has 2 aromatic heterocycles. The van der Waals surface area contributed by atoms with Gasteiger partial charge in [0.25, 0.3) is 0 Å². The van der Waals surface area contributed by atoms with Crippen LogP contribution in [0, 0.1) is 0 Å². The monoisotopic (exact) mass is 367 g/mol. The van der Waals surface area contributed by atoms with Crippen LogP contribution in [0.25, 0.3) is 0 Å². The number of guanidine groups is 1. The summed E-state index contributed by atoms with van der Waals surface area (Å²) in [4.78, 5) is 7.05. The largest absolute Gasteiger partial charge is 0.352 e. The first kappa shape index (κ1) is 18.2. The summed E-state index contributed by atoms with van der Waals surface area (Å²) >= 11 is 1.85. The van der Waals surface area contributed by atoms with E-state index in [-0.39, 0.29) is 0 Å². The summed E-state index contributed by atoms with van der Waals surface area (Å²) in [5.41, 5.74) is 2.46. The average molecular weight is 368 g/mol. The molecule has 0 radical (unpaired) electrons. The topological polar surface area (TPSA) is 54.2 Å². The average Bonchev–Trinajstić information content (AvgIpc) is 3.34. The van der Waals surface area contributed by atoms with E-state index in [0.29, 0.717) is 0 Å². The summed E-state index contributed by atoms with van der Waals surface area (Å²) in [5, 5.41) is 11.0. The van der Waals surface area contributed by atoms with Crippen LogP contribution in [0.1, 0.15) is 27.8 Å². The van der Waals surface area contributed by atoms with E-state index in [9.17, 15) is 0 Å². The van der Waals surface area contributed by atoms with Crippen LogP contribution in [0.5, 0.6) is 0 Å². The van der Waals surface area contributed by atoms with Crippen molar-refractivity contribution in [3.63, 3.8) is 0 Å². The standard InChI is InChI=1S/C20H25N5S/c1-3-18-8-9-19(26-18)14-23-20(21-2)22-13-16-6-4-7-17(12-16)15-25-11-5-10-24-25/h4-12H,3,13-15H2,1-2H3,(H2,21,22,23). The minimum atomic E-state index is 0.733. The highest BCUT2D eigenvalue weighted by molar-refractivity contribution is 7.11. The van der Waals surface area contributed by atoms with Gasteiger partial charge in [0.2, 0.25) is 0 Å². The molecule has 0 fully saturated rings. The number of thiophene rings is 1. The molecular weight excluding hydrogens is 342 g/mol. The third-order valence-electron chi connectivity index (χ3n) is 4.07. The van der Waals surface area contributed by atoms with Gasteiger partial charge in [-0.05, 0) is 35.7 Å². The zero-order chi connectivity index (χ0) is 18.2. The predicted octanol–water partition coefficient (Wildman–Crippen LogP) is 3.42. The Kier molecular flexibility index (Phi) is 6.44. The first-order chi connectivity index (χ1) is 12.8. The maximum absolute atomic E-state index is 4.31. The molecule has 6 heteroatoms. The van der Waals surface area contributed by atoms with Gasteiger partial charge in [-0.1, -0.05) is 31.2 Å². The molecule has 5 nitrogen and oxygen atoms in total. The van der Waals surface area contributed by atoms with Crippen molar-refractivity contribution in [2.24, 2.45) is 4.99 Å². The van der Waals surface area contributed by atoms with Crippen LogP contribution >= 0.6 is 11.3 Å². The first-order valence-electron chi connectivity index (χ1n) is 8.84. The molecule has 0 amide bonds. The van der Waals surface area contributed by atoms with Crippen molar-refractivity contribution in [1.82, 2.24) is 20.4 Å². The van der Waals surface area contributed by atoms with Crippen LogP contribution in [0.2, 0.25) is 0 Å². The smallest absolute Gasteiger partial charge is 0.191 e. The number of hydrogen-bond donors (Lipinski definition) is 2. The van der Waals surface area contributed by atoms with Crippen molar-refractivity contribution in [3.8, 4) is 0 Å². The summed E-state index contributed by atoms with van der Waals surface area (Å²) in [7, 11) is 1.80. The summed E-state index contributed by atoms with van der Waals surface area (Å²) in [6.07, 6.45) is 4.87. The van der Waals surface area contributed by atoms with Gasteiger partial charge in [0.15, 0.2) is 5.96 Å². The molecule has 0 aliphatic heterocycles. The van der Waals surface area contributed by atoms with Gasteiger partial charge in [0.05, 0.1) is 13.1 Å². The quantitative estimate of drug-likeness (QED) is 0.497. The van der Waals surface area contributed by atoms with E-state index >= 15 is 0 Å². The molecule has 1 aromatic carbocycles. The summed E-state index contributed by atoms with van der Waals surface area (Å²) < 4.78 is 1.93. The first-order valence-corrected chi connectivity index (χ1v) is 9.66. The molecule has 136 valence electrons. The zero-order valence-corrected chi connectivity index (χ0v) is 16.1. The molecule has 3 rings (SSSR count). The molecule has 0 unspecified atom stereocenters. The molecule has 0 saturated carbocycles. The fraction of sp³-hybridized carbons (Fsp3) is 0.300. The lowest BCUT2D eigenvalue weighted by atomic mass is 10.1. The molecular formula is C20H25N5S. The van der Waals surface area contributed by atoms with Gasteiger partial charge in [-0.25, -0.2) is 0 Å². The SMILES string of the molecule is CCc1ccc(CNC(=NC)NCc2cccc(Cn3cccn3)c2)s1. The lowest BCUT2D eigenvalue weighted by molar-refractivity contribution is 0.685. The van der Waals surface area contributed by atoms with E-state index in [1.54, 1.807) is 13.2 Å². The third kappa shape index (κ3) is 5.20. The Morgan fingerprint density at radius 1 is 1.08 bits per heavy atom. The highest BCUT2D eigenvalue weighted by Gasteiger charge is 2.03. The van der Waals surface area contributed by atoms with Crippen molar-refractivity contribution < 1.29 is 0 Å². The summed E-state index contributed by atoms with van der Waals surface area (Å²) in [5.74, 6) is 0.814. The molecule has 0 saturated heterocycles. The third-order valence-corrected chi connectivity index (χ3v) is 5.30. The second-order valence-electron chi connectivity index (χ2n) is 6.02. The van der Waals surface area contributed by atoms with Crippen molar-refractivity contribution in [2.45, 2.75) is 33.0 Å².